The van der Waals surface area contributed by atoms with E-state index in [1.54, 1.807) is 23.1 Å². The van der Waals surface area contributed by atoms with Gasteiger partial charge in [0, 0.05) is 38.4 Å². The minimum absolute atomic E-state index is 0.00416. The molecule has 2 aromatic carbocycles. The topological polar surface area (TPSA) is 42.0 Å². The lowest BCUT2D eigenvalue weighted by Gasteiger charge is -2.38. The molecule has 32 heavy (non-hydrogen) atoms. The molecule has 3 heterocycles. The lowest BCUT2D eigenvalue weighted by molar-refractivity contribution is -0.185. The zero-order chi connectivity index (χ0) is 22.1. The number of nitrogens with zero attached hydrogens (tertiary/aromatic N) is 2. The van der Waals surface area contributed by atoms with E-state index in [-0.39, 0.29) is 30.0 Å². The highest BCUT2D eigenvalue weighted by molar-refractivity contribution is 5.96. The van der Waals surface area contributed by atoms with E-state index in [1.807, 2.05) is 0 Å². The first-order valence-corrected chi connectivity index (χ1v) is 11.4. The Kier molecular flexibility index (Phi) is 5.97. The molecule has 2 saturated heterocycles. The highest BCUT2D eigenvalue weighted by Gasteiger charge is 2.40. The molecule has 0 saturated carbocycles. The van der Waals surface area contributed by atoms with E-state index < -0.39 is 5.79 Å². The molecule has 0 bridgehead atoms. The molecular weight excluding hydrogens is 414 g/mol. The lowest BCUT2D eigenvalue weighted by atomic mass is 9.87. The van der Waals surface area contributed by atoms with Crippen molar-refractivity contribution in [3.05, 3.63) is 65.2 Å². The molecule has 5 rings (SSSR count). The largest absolute Gasteiger partial charge is 0.347 e. The number of hydrogen-bond donors (Lipinski definition) is 0. The minimum atomic E-state index is -0.472. The second kappa shape index (κ2) is 8.89. The van der Waals surface area contributed by atoms with Gasteiger partial charge in [0.1, 0.15) is 11.6 Å². The predicted molar refractivity (Wildman–Crippen MR) is 117 cm³/mol. The third-order valence-corrected chi connectivity index (χ3v) is 6.90. The summed E-state index contributed by atoms with van der Waals surface area (Å²) < 4.78 is 39.3. The molecule has 1 atom stereocenters. The summed E-state index contributed by atoms with van der Waals surface area (Å²) in [6, 6.07) is 11.1. The summed E-state index contributed by atoms with van der Waals surface area (Å²) in [5.74, 6) is -1.15. The number of fused-ring (bicyclic) bond motifs is 1. The number of halogens is 2. The van der Waals surface area contributed by atoms with Crippen LogP contribution in [0.4, 0.5) is 14.5 Å². The molecule has 3 aliphatic rings. The predicted octanol–water partition coefficient (Wildman–Crippen LogP) is 4.06. The van der Waals surface area contributed by atoms with Crippen molar-refractivity contribution in [3.8, 4) is 0 Å². The highest BCUT2D eigenvalue weighted by Crippen LogP contribution is 2.39. The van der Waals surface area contributed by atoms with Crippen molar-refractivity contribution in [2.24, 2.45) is 0 Å². The SMILES string of the molecule is O=C(CN1CCC2(CC1)OCCO2)N1CCCC(c2ccc(F)cc2)c2ccc(F)cc21. The number of benzene rings is 2. The van der Waals surface area contributed by atoms with E-state index in [2.05, 4.69) is 4.90 Å². The average molecular weight is 443 g/mol. The molecule has 170 valence electrons. The number of likely N-dealkylation sites (tertiary alicyclic amines) is 1. The van der Waals surface area contributed by atoms with E-state index >= 15 is 0 Å². The lowest BCUT2D eigenvalue weighted by Crippen LogP contribution is -2.49. The van der Waals surface area contributed by atoms with Gasteiger partial charge < -0.3 is 14.4 Å². The number of anilines is 1. The van der Waals surface area contributed by atoms with Crippen LogP contribution in [0.3, 0.4) is 0 Å². The van der Waals surface area contributed by atoms with Crippen molar-refractivity contribution in [1.29, 1.82) is 0 Å². The number of rotatable bonds is 3. The first-order valence-electron chi connectivity index (χ1n) is 11.4. The monoisotopic (exact) mass is 442 g/mol. The van der Waals surface area contributed by atoms with E-state index in [1.165, 1.54) is 24.3 Å². The summed E-state index contributed by atoms with van der Waals surface area (Å²) >= 11 is 0. The van der Waals surface area contributed by atoms with Crippen LogP contribution in [-0.2, 0) is 14.3 Å². The van der Waals surface area contributed by atoms with Crippen molar-refractivity contribution >= 4 is 11.6 Å². The molecule has 0 aliphatic carbocycles. The molecule has 2 aromatic rings. The van der Waals surface area contributed by atoms with Crippen molar-refractivity contribution in [2.45, 2.75) is 37.4 Å². The van der Waals surface area contributed by atoms with Gasteiger partial charge in [0.2, 0.25) is 5.91 Å². The summed E-state index contributed by atoms with van der Waals surface area (Å²) in [6.45, 7) is 3.54. The fraction of sp³-hybridized carbons (Fsp3) is 0.480. The molecule has 1 spiro atoms. The first kappa shape index (κ1) is 21.5. The Hall–Kier alpha value is -2.35. The van der Waals surface area contributed by atoms with Crippen LogP contribution >= 0.6 is 0 Å². The van der Waals surface area contributed by atoms with Gasteiger partial charge in [0.15, 0.2) is 5.79 Å². The fourth-order valence-electron chi connectivity index (χ4n) is 5.19. The zero-order valence-corrected chi connectivity index (χ0v) is 18.1. The summed E-state index contributed by atoms with van der Waals surface area (Å²) in [5, 5.41) is 0. The van der Waals surface area contributed by atoms with Crippen LogP contribution in [0.15, 0.2) is 42.5 Å². The first-order chi connectivity index (χ1) is 15.5. The van der Waals surface area contributed by atoms with Crippen molar-refractivity contribution in [2.75, 3.05) is 44.3 Å². The standard InChI is InChI=1S/C25H28F2N2O3/c26-19-5-3-18(4-6-19)21-2-1-11-29(23-16-20(27)7-8-22(21)23)24(30)17-28-12-9-25(10-13-28)31-14-15-32-25/h3-8,16,21H,1-2,9-15,17H2. The van der Waals surface area contributed by atoms with Crippen LogP contribution in [0.1, 0.15) is 42.7 Å². The second-order valence-electron chi connectivity index (χ2n) is 8.88. The third-order valence-electron chi connectivity index (χ3n) is 6.90. The van der Waals surface area contributed by atoms with Crippen molar-refractivity contribution in [1.82, 2.24) is 4.90 Å². The summed E-state index contributed by atoms with van der Waals surface area (Å²) in [5.41, 5.74) is 2.51. The molecular formula is C25H28F2N2O3. The van der Waals surface area contributed by atoms with Crippen LogP contribution < -0.4 is 4.90 Å². The molecule has 5 nitrogen and oxygen atoms in total. The number of carbonyl (C=O) groups is 1. The van der Waals surface area contributed by atoms with E-state index in [0.717, 1.165) is 49.9 Å². The number of hydrogen-bond acceptors (Lipinski definition) is 4. The van der Waals surface area contributed by atoms with Crippen LogP contribution in [0.2, 0.25) is 0 Å². The molecule has 0 radical (unpaired) electrons. The van der Waals surface area contributed by atoms with Gasteiger partial charge in [-0.15, -0.1) is 0 Å². The Morgan fingerprint density at radius 3 is 2.38 bits per heavy atom. The molecule has 1 unspecified atom stereocenters. The number of ether oxygens (including phenoxy) is 2. The fourth-order valence-corrected chi connectivity index (χ4v) is 5.19. The average Bonchev–Trinajstić information content (AvgIpc) is 3.16. The summed E-state index contributed by atoms with van der Waals surface area (Å²) in [6.07, 6.45) is 3.10. The van der Waals surface area contributed by atoms with Crippen LogP contribution in [0.5, 0.6) is 0 Å². The van der Waals surface area contributed by atoms with Crippen molar-refractivity contribution < 1.29 is 23.0 Å². The third kappa shape index (κ3) is 4.29. The Balaban J connectivity index is 1.35. The number of amides is 1. The maximum Gasteiger partial charge on any atom is 0.241 e. The molecule has 0 N–H and O–H groups in total. The maximum atomic E-state index is 14.2. The van der Waals surface area contributed by atoms with E-state index in [9.17, 15) is 13.6 Å². The number of piperidine rings is 1. The minimum Gasteiger partial charge on any atom is -0.347 e. The second-order valence-corrected chi connectivity index (χ2v) is 8.88. The smallest absolute Gasteiger partial charge is 0.241 e. The van der Waals surface area contributed by atoms with E-state index in [0.29, 0.717) is 25.4 Å². The van der Waals surface area contributed by atoms with E-state index in [4.69, 9.17) is 9.47 Å². The van der Waals surface area contributed by atoms with Gasteiger partial charge in [0.05, 0.1) is 25.4 Å². The van der Waals surface area contributed by atoms with Gasteiger partial charge in [-0.2, -0.15) is 0 Å². The molecule has 3 aliphatic heterocycles. The molecule has 2 fully saturated rings. The van der Waals surface area contributed by atoms with Crippen molar-refractivity contribution in [3.63, 3.8) is 0 Å². The van der Waals surface area contributed by atoms with Crippen LogP contribution in [0, 0.1) is 11.6 Å². The molecule has 0 aromatic heterocycles. The quantitative estimate of drug-likeness (QED) is 0.719. The van der Waals surface area contributed by atoms with Gasteiger partial charge in [-0.25, -0.2) is 8.78 Å². The summed E-state index contributed by atoms with van der Waals surface area (Å²) in [7, 11) is 0. The van der Waals surface area contributed by atoms with Gasteiger partial charge >= 0.3 is 0 Å². The normalized spacial score (nSPS) is 23.2. The molecule has 7 heteroatoms. The Labute approximate surface area is 186 Å². The van der Waals surface area contributed by atoms with Crippen LogP contribution in [0.25, 0.3) is 0 Å². The molecule has 1 amide bonds. The van der Waals surface area contributed by atoms with Gasteiger partial charge in [-0.05, 0) is 48.2 Å². The van der Waals surface area contributed by atoms with Crippen LogP contribution in [-0.4, -0.2) is 56.0 Å². The number of carbonyl (C=O) groups excluding carboxylic acids is 1. The Bertz CT molecular complexity index is 966. The Morgan fingerprint density at radius 1 is 0.969 bits per heavy atom. The zero-order valence-electron chi connectivity index (χ0n) is 18.1. The van der Waals surface area contributed by atoms with Gasteiger partial charge in [0.25, 0.3) is 0 Å². The maximum absolute atomic E-state index is 14.2. The Morgan fingerprint density at radius 2 is 1.66 bits per heavy atom. The van der Waals surface area contributed by atoms with Gasteiger partial charge in [-0.3, -0.25) is 9.69 Å². The van der Waals surface area contributed by atoms with Gasteiger partial charge in [-0.1, -0.05) is 18.2 Å². The highest BCUT2D eigenvalue weighted by atomic mass is 19.1. The summed E-state index contributed by atoms with van der Waals surface area (Å²) in [4.78, 5) is 17.2.